The fourth-order valence-electron chi connectivity index (χ4n) is 3.47. The maximum atomic E-state index is 14.6. The van der Waals surface area contributed by atoms with Gasteiger partial charge < -0.3 is 4.90 Å². The van der Waals surface area contributed by atoms with Crippen LogP contribution in [0.25, 0.3) is 5.69 Å². The summed E-state index contributed by atoms with van der Waals surface area (Å²) < 4.78 is 30.8. The van der Waals surface area contributed by atoms with Gasteiger partial charge in [0.1, 0.15) is 22.9 Å². The highest BCUT2D eigenvalue weighted by molar-refractivity contribution is 6.30. The minimum absolute atomic E-state index is 0.0211. The number of quaternary nitrogens is 1. The molecule has 2 N–H and O–H groups in total. The Bertz CT molecular complexity index is 1150. The second kappa shape index (κ2) is 6.21. The van der Waals surface area contributed by atoms with E-state index in [0.29, 0.717) is 0 Å². The fraction of sp³-hybridized carbons (Fsp3) is 0.0500. The third kappa shape index (κ3) is 2.54. The molecule has 2 aromatic carbocycles. The zero-order valence-electron chi connectivity index (χ0n) is 14.5. The Kier molecular flexibility index (Phi) is 3.66. The van der Waals surface area contributed by atoms with Gasteiger partial charge in [0.25, 0.3) is 0 Å². The van der Waals surface area contributed by atoms with Crippen LogP contribution in [0.2, 0.25) is 0 Å². The highest BCUT2D eigenvalue weighted by Gasteiger charge is 2.38. The van der Waals surface area contributed by atoms with Gasteiger partial charge in [0.15, 0.2) is 0 Å². The summed E-state index contributed by atoms with van der Waals surface area (Å²) in [7, 11) is 0. The maximum Gasteiger partial charge on any atom is 0.372 e. The van der Waals surface area contributed by atoms with Gasteiger partial charge in [-0.3, -0.25) is 0 Å². The number of primary amides is 1. The van der Waals surface area contributed by atoms with Crippen LogP contribution in [0.3, 0.4) is 0 Å². The van der Waals surface area contributed by atoms with Gasteiger partial charge in [-0.25, -0.2) is 18.3 Å². The molecule has 1 aromatic heterocycles. The van der Waals surface area contributed by atoms with Gasteiger partial charge in [0.2, 0.25) is 0 Å². The topological polar surface area (TPSA) is 67.1 Å². The normalized spacial score (nSPS) is 15.2. The van der Waals surface area contributed by atoms with E-state index in [0.717, 1.165) is 28.8 Å². The maximum absolute atomic E-state index is 14.6. The van der Waals surface area contributed by atoms with Gasteiger partial charge in [-0.05, 0) is 35.9 Å². The first-order valence-corrected chi connectivity index (χ1v) is 8.63. The molecule has 6 nitrogen and oxygen atoms in total. The molecule has 138 valence electrons. The van der Waals surface area contributed by atoms with Crippen LogP contribution in [-0.4, -0.2) is 21.4 Å². The van der Waals surface area contributed by atoms with Crippen molar-refractivity contribution in [2.24, 2.45) is 5.10 Å². The lowest BCUT2D eigenvalue weighted by molar-refractivity contribution is -0.565. The third-order valence-corrected chi connectivity index (χ3v) is 4.78. The molecule has 0 saturated heterocycles. The molecule has 3 heterocycles. The first-order valence-electron chi connectivity index (χ1n) is 8.63. The average molecular weight is 378 g/mol. The smallest absolute Gasteiger partial charge is 0.339 e. The molecule has 0 saturated carbocycles. The Labute approximate surface area is 158 Å². The van der Waals surface area contributed by atoms with Crippen LogP contribution in [0.1, 0.15) is 11.1 Å². The van der Waals surface area contributed by atoms with Crippen LogP contribution in [0.15, 0.2) is 71.7 Å². The Morgan fingerprint density at radius 1 is 1.04 bits per heavy atom. The number of anilines is 1. The van der Waals surface area contributed by atoms with E-state index in [1.54, 1.807) is 15.8 Å². The van der Waals surface area contributed by atoms with Crippen LogP contribution in [0.5, 0.6) is 0 Å². The minimum Gasteiger partial charge on any atom is -0.339 e. The number of amides is 1. The predicted molar refractivity (Wildman–Crippen MR) is 97.7 cm³/mol. The first-order chi connectivity index (χ1) is 13.6. The summed E-state index contributed by atoms with van der Waals surface area (Å²) in [5, 5.41) is 8.17. The van der Waals surface area contributed by atoms with E-state index in [9.17, 15) is 13.6 Å². The zero-order chi connectivity index (χ0) is 19.3. The van der Waals surface area contributed by atoms with E-state index in [4.69, 9.17) is 0 Å². The van der Waals surface area contributed by atoms with Crippen molar-refractivity contribution >= 4 is 17.3 Å². The molecule has 0 fully saturated rings. The molecule has 0 unspecified atom stereocenters. The number of hydrogen-bond acceptors (Lipinski definition) is 4. The third-order valence-electron chi connectivity index (χ3n) is 4.78. The molecular formula is C20H14F2N5O+. The Morgan fingerprint density at radius 2 is 1.82 bits per heavy atom. The number of rotatable bonds is 3. The molecule has 0 atom stereocenters. The number of aromatic nitrogens is 2. The molecule has 28 heavy (non-hydrogen) atoms. The lowest BCUT2D eigenvalue weighted by Crippen LogP contribution is -2.80. The van der Waals surface area contributed by atoms with E-state index in [1.807, 2.05) is 36.5 Å². The molecule has 0 bridgehead atoms. The Balaban J connectivity index is 1.54. The molecule has 3 aromatic rings. The van der Waals surface area contributed by atoms with Crippen LogP contribution in [0.4, 0.5) is 14.5 Å². The van der Waals surface area contributed by atoms with Gasteiger partial charge in [0, 0.05) is 25.1 Å². The van der Waals surface area contributed by atoms with E-state index in [1.165, 1.54) is 6.20 Å². The van der Waals surface area contributed by atoms with Crippen molar-refractivity contribution in [2.75, 3.05) is 4.90 Å². The minimum atomic E-state index is -0.608. The number of fused-ring (bicyclic) bond motifs is 3. The van der Waals surface area contributed by atoms with E-state index in [-0.39, 0.29) is 35.0 Å². The van der Waals surface area contributed by atoms with Crippen molar-refractivity contribution in [2.45, 2.75) is 6.54 Å². The van der Waals surface area contributed by atoms with Crippen molar-refractivity contribution in [3.63, 3.8) is 0 Å². The molecule has 5 rings (SSSR count). The lowest BCUT2D eigenvalue weighted by atomic mass is 9.96. The number of nitrogens with zero attached hydrogens (tertiary/aromatic N) is 4. The molecule has 2 aliphatic rings. The van der Waals surface area contributed by atoms with Crippen molar-refractivity contribution in [3.8, 4) is 5.69 Å². The predicted octanol–water partition coefficient (Wildman–Crippen LogP) is 1.86. The van der Waals surface area contributed by atoms with Crippen molar-refractivity contribution < 1.29 is 19.0 Å². The standard InChI is InChI=1S/C20H13F2N5O/c21-15-6-7-16(22)19-17(15)18-14(20(28)25-24-18)11-26(19)10-12-2-4-13(5-3-12)27-9-1-8-23-27/h1-9,11H,10H2,(H,25,28)/p+1. The van der Waals surface area contributed by atoms with Gasteiger partial charge in [0.05, 0.1) is 16.9 Å². The largest absolute Gasteiger partial charge is 0.372 e. The number of carbonyl (C=O) groups excluding carboxylic acids is 1. The van der Waals surface area contributed by atoms with Crippen LogP contribution < -0.4 is 10.3 Å². The summed E-state index contributed by atoms with van der Waals surface area (Å²) >= 11 is 0. The van der Waals surface area contributed by atoms with Crippen LogP contribution in [0, 0.1) is 11.6 Å². The molecule has 8 heteroatoms. The second-order valence-electron chi connectivity index (χ2n) is 6.51. The fourth-order valence-corrected chi connectivity index (χ4v) is 3.47. The first kappa shape index (κ1) is 16.5. The highest BCUT2D eigenvalue weighted by atomic mass is 19.1. The highest BCUT2D eigenvalue weighted by Crippen LogP contribution is 2.35. The number of benzene rings is 2. The number of nitrogens with two attached hydrogens (primary N) is 1. The summed E-state index contributed by atoms with van der Waals surface area (Å²) in [6, 6.07) is 11.5. The Hall–Kier alpha value is -3.65. The van der Waals surface area contributed by atoms with Crippen molar-refractivity contribution in [1.82, 2.24) is 9.78 Å². The molecule has 2 aliphatic heterocycles. The average Bonchev–Trinajstić information content (AvgIpc) is 3.36. The summed E-state index contributed by atoms with van der Waals surface area (Å²) in [6.07, 6.45) is 5.06. The summed E-state index contributed by atoms with van der Waals surface area (Å²) in [4.78, 5) is 13.7. The van der Waals surface area contributed by atoms with E-state index in [2.05, 4.69) is 10.2 Å². The molecule has 0 spiro atoms. The molecule has 0 aliphatic carbocycles. The summed E-state index contributed by atoms with van der Waals surface area (Å²) in [5.41, 5.74) is 3.45. The van der Waals surface area contributed by atoms with Crippen molar-refractivity contribution in [1.29, 1.82) is 0 Å². The van der Waals surface area contributed by atoms with Crippen LogP contribution >= 0.6 is 0 Å². The molecule has 0 radical (unpaired) electrons. The van der Waals surface area contributed by atoms with E-state index < -0.39 is 11.6 Å². The molecule has 1 amide bonds. The van der Waals surface area contributed by atoms with Crippen molar-refractivity contribution in [3.05, 3.63) is 89.4 Å². The van der Waals surface area contributed by atoms with E-state index >= 15 is 0 Å². The monoisotopic (exact) mass is 378 g/mol. The van der Waals surface area contributed by atoms with Gasteiger partial charge in [-0.2, -0.15) is 10.5 Å². The number of hydrogen-bond donors (Lipinski definition) is 1. The zero-order valence-corrected chi connectivity index (χ0v) is 14.5. The van der Waals surface area contributed by atoms with Gasteiger partial charge in [-0.15, -0.1) is 0 Å². The SMILES string of the molecule is O=C1[NH2+]N=C2C1=CN(Cc1ccc(-n3cccn3)cc1)c1c(F)ccc(F)c12. The second-order valence-corrected chi connectivity index (χ2v) is 6.51. The van der Waals surface area contributed by atoms with Crippen LogP contribution in [-0.2, 0) is 11.3 Å². The van der Waals surface area contributed by atoms with Gasteiger partial charge >= 0.3 is 5.91 Å². The molecular weight excluding hydrogens is 364 g/mol. The summed E-state index contributed by atoms with van der Waals surface area (Å²) in [5.74, 6) is -1.49. The van der Waals surface area contributed by atoms with Gasteiger partial charge in [-0.1, -0.05) is 17.2 Å². The summed E-state index contributed by atoms with van der Waals surface area (Å²) in [6.45, 7) is 0.275. The number of carbonyl (C=O) groups is 1. The quantitative estimate of drug-likeness (QED) is 0.708. The lowest BCUT2D eigenvalue weighted by Gasteiger charge is -2.28. The Morgan fingerprint density at radius 3 is 2.57 bits per heavy atom. The number of halogens is 2.